The molecule has 2 N–H and O–H groups in total. The maximum atomic E-state index is 13.5. The third-order valence-corrected chi connectivity index (χ3v) is 7.60. The van der Waals surface area contributed by atoms with Crippen molar-refractivity contribution in [3.05, 3.63) is 17.3 Å². The van der Waals surface area contributed by atoms with Gasteiger partial charge in [0.05, 0.1) is 28.4 Å². The van der Waals surface area contributed by atoms with Crippen LogP contribution in [-0.2, 0) is 4.79 Å². The number of nitrogens with zero attached hydrogens (tertiary/aromatic N) is 4. The zero-order valence-electron chi connectivity index (χ0n) is 18.7. The standard InChI is InChI=1S/C23H33ClN4O4/c1-2-10-28(22(31)32)17-13-19(24)20(25-14-17)26-11-3-8-23(15-26)9-12-27(21(23)30)16-4-6-18(29)7-5-16/h13-14,16,18,29H,2-12,15H2,1H3,(H,31,32)/t16-,18+,23-/m0/s1. The lowest BCUT2D eigenvalue weighted by Gasteiger charge is -2.41. The molecule has 9 heteroatoms. The van der Waals surface area contributed by atoms with E-state index in [0.717, 1.165) is 58.0 Å². The van der Waals surface area contributed by atoms with Gasteiger partial charge in [-0.15, -0.1) is 0 Å². The monoisotopic (exact) mass is 464 g/mol. The van der Waals surface area contributed by atoms with E-state index in [1.165, 1.54) is 4.90 Å². The van der Waals surface area contributed by atoms with Gasteiger partial charge in [-0.25, -0.2) is 9.78 Å². The van der Waals surface area contributed by atoms with Crippen molar-refractivity contribution < 1.29 is 19.8 Å². The molecule has 0 aromatic carbocycles. The quantitative estimate of drug-likeness (QED) is 0.688. The van der Waals surface area contributed by atoms with E-state index in [1.54, 1.807) is 12.3 Å². The second-order valence-corrected chi connectivity index (χ2v) is 9.86. The Kier molecular flexibility index (Phi) is 6.81. The van der Waals surface area contributed by atoms with E-state index < -0.39 is 11.5 Å². The molecule has 1 spiro atoms. The summed E-state index contributed by atoms with van der Waals surface area (Å²) in [5.74, 6) is 0.847. The number of aromatic nitrogens is 1. The van der Waals surface area contributed by atoms with Crippen LogP contribution in [0.3, 0.4) is 0 Å². The van der Waals surface area contributed by atoms with Crippen LogP contribution in [0, 0.1) is 5.41 Å². The fourth-order valence-electron chi connectivity index (χ4n) is 5.62. The van der Waals surface area contributed by atoms with Crippen molar-refractivity contribution in [2.45, 2.75) is 70.4 Å². The van der Waals surface area contributed by atoms with Gasteiger partial charge in [-0.1, -0.05) is 18.5 Å². The average molecular weight is 465 g/mol. The second-order valence-electron chi connectivity index (χ2n) is 9.45. The van der Waals surface area contributed by atoms with Crippen molar-refractivity contribution in [2.24, 2.45) is 5.41 Å². The van der Waals surface area contributed by atoms with E-state index in [1.807, 2.05) is 6.92 Å². The number of anilines is 2. The summed E-state index contributed by atoms with van der Waals surface area (Å²) in [5, 5.41) is 19.7. The van der Waals surface area contributed by atoms with Crippen LogP contribution < -0.4 is 9.80 Å². The largest absolute Gasteiger partial charge is 0.465 e. The fourth-order valence-corrected chi connectivity index (χ4v) is 5.90. The third-order valence-electron chi connectivity index (χ3n) is 7.33. The summed E-state index contributed by atoms with van der Waals surface area (Å²) in [6.07, 6.45) is 6.87. The van der Waals surface area contributed by atoms with Gasteiger partial charge in [0, 0.05) is 32.2 Å². The minimum Gasteiger partial charge on any atom is -0.465 e. The lowest BCUT2D eigenvalue weighted by Crippen LogP contribution is -2.50. The van der Waals surface area contributed by atoms with Crippen molar-refractivity contribution in [3.63, 3.8) is 0 Å². The minimum atomic E-state index is -1.03. The molecule has 3 heterocycles. The maximum absolute atomic E-state index is 13.5. The summed E-state index contributed by atoms with van der Waals surface area (Å²) in [6.45, 7) is 4.43. The Hall–Kier alpha value is -2.06. The number of halogens is 1. The van der Waals surface area contributed by atoms with E-state index >= 15 is 0 Å². The first-order valence-electron chi connectivity index (χ1n) is 11.7. The topological polar surface area (TPSA) is 97.2 Å². The minimum absolute atomic E-state index is 0.228. The highest BCUT2D eigenvalue weighted by Crippen LogP contribution is 2.44. The Bertz CT molecular complexity index is 860. The van der Waals surface area contributed by atoms with Gasteiger partial charge in [0.15, 0.2) is 0 Å². The summed E-state index contributed by atoms with van der Waals surface area (Å²) in [5.41, 5.74) is 0.0512. The summed E-state index contributed by atoms with van der Waals surface area (Å²) in [6, 6.07) is 1.90. The van der Waals surface area contributed by atoms with Gasteiger partial charge in [0.25, 0.3) is 0 Å². The first kappa shape index (κ1) is 23.1. The number of pyridine rings is 1. The second kappa shape index (κ2) is 9.43. The molecule has 2 aliphatic heterocycles. The Morgan fingerprint density at radius 1 is 1.28 bits per heavy atom. The van der Waals surface area contributed by atoms with Gasteiger partial charge >= 0.3 is 6.09 Å². The van der Waals surface area contributed by atoms with E-state index in [4.69, 9.17) is 11.6 Å². The van der Waals surface area contributed by atoms with E-state index in [9.17, 15) is 19.8 Å². The van der Waals surface area contributed by atoms with Crippen molar-refractivity contribution >= 4 is 35.1 Å². The van der Waals surface area contributed by atoms with Crippen molar-refractivity contribution in [1.29, 1.82) is 0 Å². The Balaban J connectivity index is 1.49. The number of piperidine rings is 1. The number of hydrogen-bond donors (Lipinski definition) is 2. The zero-order valence-corrected chi connectivity index (χ0v) is 19.4. The number of carboxylic acid groups (broad SMARTS) is 1. The number of likely N-dealkylation sites (tertiary alicyclic amines) is 1. The number of carbonyl (C=O) groups excluding carboxylic acids is 1. The van der Waals surface area contributed by atoms with Gasteiger partial charge in [-0.3, -0.25) is 9.69 Å². The SMILES string of the molecule is CCCN(C(=O)O)c1cnc(N2CCC[C@]3(CCN([C@H]4CC[C@@H](O)CC4)C3=O)C2)c(Cl)c1. The van der Waals surface area contributed by atoms with Crippen LogP contribution >= 0.6 is 11.6 Å². The Labute approximate surface area is 194 Å². The van der Waals surface area contributed by atoms with E-state index in [0.29, 0.717) is 36.0 Å². The van der Waals surface area contributed by atoms with Gasteiger partial charge in [0.2, 0.25) is 5.91 Å². The number of rotatable bonds is 5. The number of aliphatic hydroxyl groups excluding tert-OH is 1. The molecule has 2 saturated heterocycles. The molecule has 32 heavy (non-hydrogen) atoms. The highest BCUT2D eigenvalue weighted by Gasteiger charge is 2.51. The number of aliphatic hydroxyl groups is 1. The molecule has 1 aromatic rings. The summed E-state index contributed by atoms with van der Waals surface area (Å²) >= 11 is 6.56. The van der Waals surface area contributed by atoms with Crippen molar-refractivity contribution in [1.82, 2.24) is 9.88 Å². The van der Waals surface area contributed by atoms with Gasteiger partial charge in [0.1, 0.15) is 5.82 Å². The highest BCUT2D eigenvalue weighted by atomic mass is 35.5. The van der Waals surface area contributed by atoms with E-state index in [-0.39, 0.29) is 18.1 Å². The first-order valence-corrected chi connectivity index (χ1v) is 12.1. The predicted molar refractivity (Wildman–Crippen MR) is 123 cm³/mol. The van der Waals surface area contributed by atoms with Crippen LogP contribution in [0.4, 0.5) is 16.3 Å². The molecule has 2 amide bonds. The van der Waals surface area contributed by atoms with Crippen molar-refractivity contribution in [3.8, 4) is 0 Å². The van der Waals surface area contributed by atoms with Crippen LogP contribution in [0.5, 0.6) is 0 Å². The summed E-state index contributed by atoms with van der Waals surface area (Å²) < 4.78 is 0. The highest BCUT2D eigenvalue weighted by molar-refractivity contribution is 6.33. The molecule has 0 unspecified atom stereocenters. The van der Waals surface area contributed by atoms with Gasteiger partial charge in [-0.2, -0.15) is 0 Å². The molecule has 3 aliphatic rings. The molecule has 1 atom stereocenters. The molecule has 0 radical (unpaired) electrons. The normalized spacial score (nSPS) is 28.4. The van der Waals surface area contributed by atoms with Crippen LogP contribution in [0.15, 0.2) is 12.3 Å². The smallest absolute Gasteiger partial charge is 0.411 e. The van der Waals surface area contributed by atoms with Crippen molar-refractivity contribution in [2.75, 3.05) is 36.0 Å². The van der Waals surface area contributed by atoms with Crippen LogP contribution in [0.1, 0.15) is 58.3 Å². The van der Waals surface area contributed by atoms with Gasteiger partial charge < -0.3 is 20.0 Å². The molecule has 3 fully saturated rings. The maximum Gasteiger partial charge on any atom is 0.411 e. The number of amides is 2. The van der Waals surface area contributed by atoms with E-state index in [2.05, 4.69) is 14.8 Å². The first-order chi connectivity index (χ1) is 15.3. The molecular weight excluding hydrogens is 432 g/mol. The van der Waals surface area contributed by atoms with Crippen LogP contribution in [0.25, 0.3) is 0 Å². The zero-order chi connectivity index (χ0) is 22.9. The van der Waals surface area contributed by atoms with Crippen LogP contribution in [0.2, 0.25) is 5.02 Å². The Morgan fingerprint density at radius 2 is 2.03 bits per heavy atom. The fraction of sp³-hybridized carbons (Fsp3) is 0.696. The molecule has 1 saturated carbocycles. The molecule has 176 valence electrons. The molecule has 8 nitrogen and oxygen atoms in total. The molecule has 1 aromatic heterocycles. The molecule has 4 rings (SSSR count). The van der Waals surface area contributed by atoms with Crippen LogP contribution in [-0.4, -0.2) is 70.4 Å². The predicted octanol–water partition coefficient (Wildman–Crippen LogP) is 3.75. The van der Waals surface area contributed by atoms with Gasteiger partial charge in [-0.05, 0) is 57.4 Å². The molecule has 1 aliphatic carbocycles. The molecule has 0 bridgehead atoms. The average Bonchev–Trinajstić information content (AvgIpc) is 3.07. The summed E-state index contributed by atoms with van der Waals surface area (Å²) in [7, 11) is 0. The third kappa shape index (κ3) is 4.39. The Morgan fingerprint density at radius 3 is 2.69 bits per heavy atom. The summed E-state index contributed by atoms with van der Waals surface area (Å²) in [4.78, 5) is 35.0. The lowest BCUT2D eigenvalue weighted by molar-refractivity contribution is -0.139. The number of hydrogen-bond acceptors (Lipinski definition) is 5. The molecular formula is C23H33ClN4O4. The lowest BCUT2D eigenvalue weighted by atomic mass is 9.78. The number of carbonyl (C=O) groups is 2.